The number of fused-ring (bicyclic) bond motifs is 1. The molecule has 0 saturated carbocycles. The lowest BCUT2D eigenvalue weighted by Crippen LogP contribution is -2.24. The van der Waals surface area contributed by atoms with Crippen LogP contribution in [0.3, 0.4) is 0 Å². The van der Waals surface area contributed by atoms with E-state index in [2.05, 4.69) is 47.2 Å². The van der Waals surface area contributed by atoms with Crippen LogP contribution >= 0.6 is 15.9 Å². The summed E-state index contributed by atoms with van der Waals surface area (Å²) < 4.78 is 11.9. The smallest absolute Gasteiger partial charge is 0.277 e. The second-order valence-corrected chi connectivity index (χ2v) is 8.73. The number of ether oxygens (including phenoxy) is 2. The van der Waals surface area contributed by atoms with Gasteiger partial charge in [0.25, 0.3) is 5.91 Å². The molecule has 0 radical (unpaired) electrons. The van der Waals surface area contributed by atoms with Crippen molar-refractivity contribution in [2.45, 2.75) is 26.2 Å². The number of methoxy groups -OCH3 is 1. The first kappa shape index (κ1) is 21.8. The van der Waals surface area contributed by atoms with Gasteiger partial charge in [-0.05, 0) is 55.9 Å². The van der Waals surface area contributed by atoms with Gasteiger partial charge in [0.05, 0.1) is 17.8 Å². The first-order valence-electron chi connectivity index (χ1n) is 9.60. The predicted octanol–water partition coefficient (Wildman–Crippen LogP) is 5.44. The maximum atomic E-state index is 12.2. The van der Waals surface area contributed by atoms with Crippen LogP contribution in [0.15, 0.2) is 64.2 Å². The van der Waals surface area contributed by atoms with E-state index in [4.69, 9.17) is 9.47 Å². The van der Waals surface area contributed by atoms with Gasteiger partial charge in [0, 0.05) is 5.56 Å². The van der Waals surface area contributed by atoms with Gasteiger partial charge in [0.2, 0.25) is 0 Å². The van der Waals surface area contributed by atoms with Gasteiger partial charge in [-0.25, -0.2) is 5.43 Å². The van der Waals surface area contributed by atoms with Gasteiger partial charge < -0.3 is 9.47 Å². The van der Waals surface area contributed by atoms with Crippen molar-refractivity contribution in [3.63, 3.8) is 0 Å². The summed E-state index contributed by atoms with van der Waals surface area (Å²) in [5.74, 6) is 0.945. The number of rotatable bonds is 6. The Balaban J connectivity index is 1.64. The molecule has 3 rings (SSSR count). The molecular formula is C24H25BrN2O3. The first-order chi connectivity index (χ1) is 14.3. The Bertz CT molecular complexity index is 1090. The maximum absolute atomic E-state index is 12.2. The molecule has 3 aromatic carbocycles. The van der Waals surface area contributed by atoms with E-state index >= 15 is 0 Å². The Morgan fingerprint density at radius 1 is 1.10 bits per heavy atom. The molecule has 0 unspecified atom stereocenters. The number of halogens is 1. The highest BCUT2D eigenvalue weighted by Crippen LogP contribution is 2.31. The third-order valence-corrected chi connectivity index (χ3v) is 5.31. The number of carbonyl (C=O) groups excluding carboxylic acids is 1. The van der Waals surface area contributed by atoms with E-state index in [9.17, 15) is 4.79 Å². The molecule has 0 spiro atoms. The quantitative estimate of drug-likeness (QED) is 0.387. The summed E-state index contributed by atoms with van der Waals surface area (Å²) in [5, 5.41) is 6.15. The van der Waals surface area contributed by atoms with Crippen LogP contribution in [0, 0.1) is 0 Å². The van der Waals surface area contributed by atoms with Crippen molar-refractivity contribution in [2.75, 3.05) is 13.7 Å². The average molecular weight is 469 g/mol. The van der Waals surface area contributed by atoms with Crippen LogP contribution in [0.2, 0.25) is 0 Å². The molecule has 3 aromatic rings. The van der Waals surface area contributed by atoms with Crippen LogP contribution in [0.4, 0.5) is 0 Å². The monoisotopic (exact) mass is 468 g/mol. The Morgan fingerprint density at radius 3 is 2.53 bits per heavy atom. The fourth-order valence-corrected chi connectivity index (χ4v) is 3.51. The Morgan fingerprint density at radius 2 is 1.83 bits per heavy atom. The minimum Gasteiger partial charge on any atom is -0.496 e. The van der Waals surface area contributed by atoms with Crippen molar-refractivity contribution in [3.8, 4) is 11.5 Å². The SMILES string of the molecule is COc1ccc2ccccc2c1/C=N\NC(=O)COc1ccc(C(C)(C)C)cc1Br. The van der Waals surface area contributed by atoms with Crippen molar-refractivity contribution >= 4 is 38.8 Å². The Labute approximate surface area is 185 Å². The number of carbonyl (C=O) groups is 1. The Hall–Kier alpha value is -2.86. The third kappa shape index (κ3) is 5.19. The summed E-state index contributed by atoms with van der Waals surface area (Å²) in [7, 11) is 1.61. The van der Waals surface area contributed by atoms with Crippen molar-refractivity contribution < 1.29 is 14.3 Å². The van der Waals surface area contributed by atoms with Crippen LogP contribution in [-0.2, 0) is 10.2 Å². The standard InChI is InChI=1S/C24H25BrN2O3/c1-24(2,3)17-10-12-22(20(25)13-17)30-15-23(28)27-26-14-19-18-8-6-5-7-16(18)9-11-21(19)29-4/h5-14H,15H2,1-4H3,(H,27,28)/b26-14-. The van der Waals surface area contributed by atoms with Crippen LogP contribution in [0.5, 0.6) is 11.5 Å². The lowest BCUT2D eigenvalue weighted by atomic mass is 9.87. The van der Waals surface area contributed by atoms with Gasteiger partial charge in [-0.3, -0.25) is 4.79 Å². The summed E-state index contributed by atoms with van der Waals surface area (Å²) in [5.41, 5.74) is 4.53. The summed E-state index contributed by atoms with van der Waals surface area (Å²) in [6.07, 6.45) is 1.59. The molecule has 156 valence electrons. The molecule has 0 atom stereocenters. The molecule has 0 fully saturated rings. The van der Waals surface area contributed by atoms with Gasteiger partial charge in [-0.2, -0.15) is 5.10 Å². The second kappa shape index (κ2) is 9.30. The van der Waals surface area contributed by atoms with Crippen LogP contribution in [0.25, 0.3) is 10.8 Å². The van der Waals surface area contributed by atoms with Crippen LogP contribution in [0.1, 0.15) is 31.9 Å². The number of nitrogens with zero attached hydrogens (tertiary/aromatic N) is 1. The zero-order valence-corrected chi connectivity index (χ0v) is 19.1. The third-order valence-electron chi connectivity index (χ3n) is 4.69. The highest BCUT2D eigenvalue weighted by molar-refractivity contribution is 9.10. The summed E-state index contributed by atoms with van der Waals surface area (Å²) in [6, 6.07) is 17.7. The van der Waals surface area contributed by atoms with E-state index in [1.165, 1.54) is 5.56 Å². The van der Waals surface area contributed by atoms with Crippen molar-refractivity contribution in [3.05, 3.63) is 70.2 Å². The highest BCUT2D eigenvalue weighted by Gasteiger charge is 2.15. The van der Waals surface area contributed by atoms with Gasteiger partial charge >= 0.3 is 0 Å². The number of amides is 1. The van der Waals surface area contributed by atoms with Gasteiger partial charge in [-0.15, -0.1) is 0 Å². The molecule has 0 heterocycles. The van der Waals surface area contributed by atoms with E-state index in [0.717, 1.165) is 20.8 Å². The zero-order valence-electron chi connectivity index (χ0n) is 17.5. The minimum absolute atomic E-state index is 0.0375. The van der Waals surface area contributed by atoms with E-state index in [1.807, 2.05) is 54.6 Å². The van der Waals surface area contributed by atoms with Crippen molar-refractivity contribution in [1.29, 1.82) is 0 Å². The molecule has 5 nitrogen and oxygen atoms in total. The van der Waals surface area contributed by atoms with E-state index in [1.54, 1.807) is 13.3 Å². The molecule has 1 amide bonds. The largest absolute Gasteiger partial charge is 0.496 e. The molecular weight excluding hydrogens is 444 g/mol. The lowest BCUT2D eigenvalue weighted by molar-refractivity contribution is -0.123. The molecule has 6 heteroatoms. The molecule has 30 heavy (non-hydrogen) atoms. The first-order valence-corrected chi connectivity index (χ1v) is 10.4. The number of hydrogen-bond acceptors (Lipinski definition) is 4. The van der Waals surface area contributed by atoms with Crippen LogP contribution < -0.4 is 14.9 Å². The van der Waals surface area contributed by atoms with Gasteiger partial charge in [0.1, 0.15) is 11.5 Å². The molecule has 0 aliphatic carbocycles. The summed E-state index contributed by atoms with van der Waals surface area (Å²) >= 11 is 3.51. The molecule has 0 saturated heterocycles. The van der Waals surface area contributed by atoms with Gasteiger partial charge in [0.15, 0.2) is 6.61 Å². The lowest BCUT2D eigenvalue weighted by Gasteiger charge is -2.20. The second-order valence-electron chi connectivity index (χ2n) is 7.88. The fraction of sp³-hybridized carbons (Fsp3) is 0.250. The molecule has 0 aliphatic rings. The fourth-order valence-electron chi connectivity index (χ4n) is 3.02. The normalized spacial score (nSPS) is 11.6. The number of nitrogens with one attached hydrogen (secondary N) is 1. The topological polar surface area (TPSA) is 59.9 Å². The predicted molar refractivity (Wildman–Crippen MR) is 125 cm³/mol. The highest BCUT2D eigenvalue weighted by atomic mass is 79.9. The minimum atomic E-state index is -0.350. The van der Waals surface area contributed by atoms with Crippen molar-refractivity contribution in [1.82, 2.24) is 5.43 Å². The van der Waals surface area contributed by atoms with Crippen molar-refractivity contribution in [2.24, 2.45) is 5.10 Å². The molecule has 0 bridgehead atoms. The molecule has 1 N–H and O–H groups in total. The van der Waals surface area contributed by atoms with E-state index < -0.39 is 0 Å². The van der Waals surface area contributed by atoms with Crippen LogP contribution in [-0.4, -0.2) is 25.8 Å². The maximum Gasteiger partial charge on any atom is 0.277 e. The summed E-state index contributed by atoms with van der Waals surface area (Å²) in [6.45, 7) is 6.29. The molecule has 0 aromatic heterocycles. The average Bonchev–Trinajstić information content (AvgIpc) is 2.72. The van der Waals surface area contributed by atoms with E-state index in [0.29, 0.717) is 11.5 Å². The number of benzene rings is 3. The van der Waals surface area contributed by atoms with Gasteiger partial charge in [-0.1, -0.05) is 57.2 Å². The molecule has 0 aliphatic heterocycles. The number of hydrazone groups is 1. The summed E-state index contributed by atoms with van der Waals surface area (Å²) in [4.78, 5) is 12.2. The number of hydrogen-bond donors (Lipinski definition) is 1. The zero-order chi connectivity index (χ0) is 21.7. The Kier molecular flexibility index (Phi) is 6.77. The van der Waals surface area contributed by atoms with E-state index in [-0.39, 0.29) is 17.9 Å².